The molecule has 6 nitrogen and oxygen atoms in total. The molecule has 0 N–H and O–H groups in total. The van der Waals surface area contributed by atoms with Crippen LogP contribution < -0.4 is 4.90 Å². The Morgan fingerprint density at radius 3 is 2.65 bits per heavy atom. The summed E-state index contributed by atoms with van der Waals surface area (Å²) in [5.41, 5.74) is 0.0665. The Morgan fingerprint density at radius 1 is 1.15 bits per heavy atom. The molecule has 1 aliphatic heterocycles. The number of hydrogen-bond donors (Lipinski definition) is 0. The fourth-order valence-corrected chi connectivity index (χ4v) is 3.43. The highest BCUT2D eigenvalue weighted by Crippen LogP contribution is 2.37. The summed E-state index contributed by atoms with van der Waals surface area (Å²) in [6, 6.07) is 6.94. The van der Waals surface area contributed by atoms with Crippen molar-refractivity contribution in [1.29, 1.82) is 0 Å². The minimum Gasteiger partial charge on any atom is -0.464 e. The molecular weight excluding hydrogens is 347 g/mol. The Balaban J connectivity index is 1.76. The molecular formula is C17H18F3N5O. The number of aryl methyl sites for hydroxylation is 1. The van der Waals surface area contributed by atoms with Gasteiger partial charge in [-0.3, -0.25) is 0 Å². The van der Waals surface area contributed by atoms with Crippen molar-refractivity contribution in [3.63, 3.8) is 0 Å². The molecule has 4 heterocycles. The van der Waals surface area contributed by atoms with Crippen molar-refractivity contribution in [3.05, 3.63) is 41.6 Å². The van der Waals surface area contributed by atoms with Crippen molar-refractivity contribution >= 4 is 11.5 Å². The second-order valence-corrected chi connectivity index (χ2v) is 6.77. The lowest BCUT2D eigenvalue weighted by molar-refractivity contribution is -0.146. The van der Waals surface area contributed by atoms with Crippen LogP contribution in [0.3, 0.4) is 0 Å². The van der Waals surface area contributed by atoms with Crippen molar-refractivity contribution in [2.24, 2.45) is 5.92 Å². The Morgan fingerprint density at radius 2 is 1.96 bits per heavy atom. The van der Waals surface area contributed by atoms with Gasteiger partial charge in [0.25, 0.3) is 5.82 Å². The topological polar surface area (TPSA) is 59.5 Å². The summed E-state index contributed by atoms with van der Waals surface area (Å²) in [7, 11) is 0. The zero-order valence-electron chi connectivity index (χ0n) is 14.4. The van der Waals surface area contributed by atoms with E-state index in [4.69, 9.17) is 4.42 Å². The summed E-state index contributed by atoms with van der Waals surface area (Å²) in [4.78, 5) is 2.00. The van der Waals surface area contributed by atoms with Gasteiger partial charge >= 0.3 is 6.18 Å². The predicted molar refractivity (Wildman–Crippen MR) is 87.7 cm³/mol. The largest absolute Gasteiger partial charge is 0.464 e. The molecule has 2 atom stereocenters. The van der Waals surface area contributed by atoms with Gasteiger partial charge in [-0.15, -0.1) is 15.3 Å². The van der Waals surface area contributed by atoms with Crippen LogP contribution in [0.4, 0.5) is 19.0 Å². The first kappa shape index (κ1) is 16.9. The standard InChI is InChI=1S/C17H18F3N5O/c1-10-7-8-24(12(9-10)13-4-3-11(2)26-13)15-6-5-14-21-22-16(17(18,19)20)25(14)23-15/h3-6,10,12H,7-9H2,1-2H3. The monoisotopic (exact) mass is 365 g/mol. The van der Waals surface area contributed by atoms with Gasteiger partial charge in [0.05, 0.1) is 6.04 Å². The highest BCUT2D eigenvalue weighted by atomic mass is 19.4. The van der Waals surface area contributed by atoms with Crippen LogP contribution in [0, 0.1) is 12.8 Å². The third-order valence-electron chi connectivity index (χ3n) is 4.75. The Bertz CT molecular complexity index is 932. The van der Waals surface area contributed by atoms with Crippen LogP contribution in [0.5, 0.6) is 0 Å². The molecule has 0 amide bonds. The fourth-order valence-electron chi connectivity index (χ4n) is 3.43. The van der Waals surface area contributed by atoms with Crippen molar-refractivity contribution in [1.82, 2.24) is 19.8 Å². The van der Waals surface area contributed by atoms with Crippen LogP contribution in [-0.2, 0) is 6.18 Å². The molecule has 1 aliphatic rings. The maximum absolute atomic E-state index is 13.1. The second kappa shape index (κ2) is 6.00. The van der Waals surface area contributed by atoms with E-state index in [1.807, 2.05) is 24.0 Å². The molecule has 1 saturated heterocycles. The van der Waals surface area contributed by atoms with Crippen LogP contribution in [0.2, 0.25) is 0 Å². The highest BCUT2D eigenvalue weighted by Gasteiger charge is 2.38. The summed E-state index contributed by atoms with van der Waals surface area (Å²) < 4.78 is 45.9. The first-order valence-corrected chi connectivity index (χ1v) is 8.45. The second-order valence-electron chi connectivity index (χ2n) is 6.77. The molecule has 4 rings (SSSR count). The highest BCUT2D eigenvalue weighted by molar-refractivity contribution is 5.47. The van der Waals surface area contributed by atoms with Gasteiger partial charge in [0.2, 0.25) is 0 Å². The zero-order chi connectivity index (χ0) is 18.5. The lowest BCUT2D eigenvalue weighted by Crippen LogP contribution is -2.37. The van der Waals surface area contributed by atoms with E-state index in [0.717, 1.165) is 28.9 Å². The maximum Gasteiger partial charge on any atom is 0.453 e. The number of rotatable bonds is 2. The number of furan rings is 1. The molecule has 0 aliphatic carbocycles. The van der Waals surface area contributed by atoms with E-state index in [0.29, 0.717) is 18.3 Å². The molecule has 2 unspecified atom stereocenters. The molecule has 1 fully saturated rings. The number of piperidine rings is 1. The lowest BCUT2D eigenvalue weighted by Gasteiger charge is -2.38. The molecule has 0 aromatic carbocycles. The van der Waals surface area contributed by atoms with Crippen LogP contribution in [0.25, 0.3) is 5.65 Å². The van der Waals surface area contributed by atoms with E-state index in [9.17, 15) is 13.2 Å². The van der Waals surface area contributed by atoms with E-state index in [1.54, 1.807) is 6.07 Å². The molecule has 0 radical (unpaired) electrons. The maximum atomic E-state index is 13.1. The van der Waals surface area contributed by atoms with E-state index in [2.05, 4.69) is 22.2 Å². The average molecular weight is 365 g/mol. The smallest absolute Gasteiger partial charge is 0.453 e. The van der Waals surface area contributed by atoms with E-state index >= 15 is 0 Å². The van der Waals surface area contributed by atoms with Gasteiger partial charge in [-0.25, -0.2) is 0 Å². The summed E-state index contributed by atoms with van der Waals surface area (Å²) in [6.45, 7) is 4.73. The van der Waals surface area contributed by atoms with Crippen LogP contribution in [-0.4, -0.2) is 26.4 Å². The van der Waals surface area contributed by atoms with Crippen molar-refractivity contribution in [3.8, 4) is 0 Å². The summed E-state index contributed by atoms with van der Waals surface area (Å²) in [5, 5.41) is 11.0. The van der Waals surface area contributed by atoms with Crippen molar-refractivity contribution in [2.75, 3.05) is 11.4 Å². The number of hydrogen-bond acceptors (Lipinski definition) is 5. The molecule has 138 valence electrons. The first-order chi connectivity index (χ1) is 12.3. The number of anilines is 1. The lowest BCUT2D eigenvalue weighted by atomic mass is 9.91. The fraction of sp³-hybridized carbons (Fsp3) is 0.471. The molecule has 3 aromatic heterocycles. The Labute approximate surface area is 147 Å². The summed E-state index contributed by atoms with van der Waals surface area (Å²) in [5.74, 6) is 1.43. The number of halogens is 3. The molecule has 26 heavy (non-hydrogen) atoms. The third-order valence-corrected chi connectivity index (χ3v) is 4.75. The number of aromatic nitrogens is 4. The predicted octanol–water partition coefficient (Wildman–Crippen LogP) is 4.02. The van der Waals surface area contributed by atoms with Crippen LogP contribution in [0.1, 0.15) is 43.2 Å². The van der Waals surface area contributed by atoms with Gasteiger partial charge in [0.15, 0.2) is 5.65 Å². The molecule has 0 bridgehead atoms. The number of alkyl halides is 3. The normalized spacial score (nSPS) is 21.5. The first-order valence-electron chi connectivity index (χ1n) is 8.45. The number of fused-ring (bicyclic) bond motifs is 1. The van der Waals surface area contributed by atoms with Crippen LogP contribution in [0.15, 0.2) is 28.7 Å². The molecule has 0 spiro atoms. The van der Waals surface area contributed by atoms with Crippen molar-refractivity contribution in [2.45, 2.75) is 38.9 Å². The van der Waals surface area contributed by atoms with Gasteiger partial charge in [0.1, 0.15) is 17.3 Å². The third kappa shape index (κ3) is 2.91. The van der Waals surface area contributed by atoms with Crippen LogP contribution >= 0.6 is 0 Å². The Kier molecular flexibility index (Phi) is 3.89. The molecule has 3 aromatic rings. The minimum absolute atomic E-state index is 0.0665. The van der Waals surface area contributed by atoms with Gasteiger partial charge in [-0.05, 0) is 49.9 Å². The minimum atomic E-state index is -4.61. The summed E-state index contributed by atoms with van der Waals surface area (Å²) in [6.07, 6.45) is -2.83. The van der Waals surface area contributed by atoms with Gasteiger partial charge < -0.3 is 9.32 Å². The van der Waals surface area contributed by atoms with E-state index in [-0.39, 0.29) is 11.7 Å². The average Bonchev–Trinajstić information content (AvgIpc) is 3.19. The van der Waals surface area contributed by atoms with Crippen molar-refractivity contribution < 1.29 is 17.6 Å². The molecule has 0 saturated carbocycles. The SMILES string of the molecule is Cc1ccc(C2CC(C)CCN2c2ccc3nnc(C(F)(F)F)n3n2)o1. The molecule has 9 heteroatoms. The summed E-state index contributed by atoms with van der Waals surface area (Å²) >= 11 is 0. The van der Waals surface area contributed by atoms with Gasteiger partial charge in [0, 0.05) is 6.54 Å². The van der Waals surface area contributed by atoms with Gasteiger partial charge in [-0.1, -0.05) is 6.92 Å². The Hall–Kier alpha value is -2.58. The quantitative estimate of drug-likeness (QED) is 0.686. The van der Waals surface area contributed by atoms with Gasteiger partial charge in [-0.2, -0.15) is 17.7 Å². The zero-order valence-corrected chi connectivity index (χ0v) is 14.4. The number of nitrogens with zero attached hydrogens (tertiary/aromatic N) is 5. The van der Waals surface area contributed by atoms with E-state index in [1.165, 1.54) is 6.07 Å². The van der Waals surface area contributed by atoms with E-state index < -0.39 is 12.0 Å².